The Morgan fingerprint density at radius 3 is 1.41 bits per heavy atom. The number of nitrogens with one attached hydrogen (secondary N) is 7. The lowest BCUT2D eigenvalue weighted by atomic mass is 10.0. The first kappa shape index (κ1) is 58.9. The largest absolute Gasteiger partial charge is 0.370 e. The summed E-state index contributed by atoms with van der Waals surface area (Å²) in [5, 5.41) is 16.1. The Hall–Kier alpha value is -8.03. The highest BCUT2D eigenvalue weighted by molar-refractivity contribution is 7.98. The standard InChI is InChI=1S/C50H69ClN18O6S/c51-31-17-15-28(16-18-31)26-76-27-41(47(75)68-39(22-29-24-63-35-11-3-1-8-32(29)35)45(73)65-37(42(53)70)13-6-20-61-49(56)57)69-46(74)40(23-30-25-64-36-12-4-2-9-33(30)36)67-44(72)38(14-7-21-62-50(58)59)66-43(71)34(52)10-5-19-60-48(54)55/h1-4,8-9,11-12,15-18,24-25,34,37-41,63-64H,5-7,10,13-14,19-23,26-27,52H2,(H2,53,70)(H,65,73)(H,66,71)(H,67,72)(H,68,75)(H,69,74)(H4,54,55,60)(H4,56,57,61)(H4,58,59,62)/t34-,37-,38-,39-,40-,41-/m0/s1. The van der Waals surface area contributed by atoms with Crippen LogP contribution in [0.15, 0.2) is 100 Å². The Morgan fingerprint density at radius 2 is 0.921 bits per heavy atom. The molecule has 0 spiro atoms. The molecule has 5 aromatic rings. The van der Waals surface area contributed by atoms with E-state index in [0.29, 0.717) is 34.7 Å². The molecule has 0 aliphatic heterocycles. The number of thioether (sulfide) groups is 1. The van der Waals surface area contributed by atoms with Gasteiger partial charge in [-0.1, -0.05) is 60.1 Å². The first-order chi connectivity index (χ1) is 36.4. The molecule has 0 saturated carbocycles. The lowest BCUT2D eigenvalue weighted by Crippen LogP contribution is -2.60. The van der Waals surface area contributed by atoms with Crippen LogP contribution in [0, 0.1) is 0 Å². The molecule has 5 rings (SSSR count). The van der Waals surface area contributed by atoms with Crippen molar-refractivity contribution in [1.82, 2.24) is 36.6 Å². The SMILES string of the molecule is NC(=O)[C@H](CCCN=C(N)N)NC(=O)[C@H](Cc1c[nH]c2ccccc12)NC(=O)[C@H](CSCc1ccc(Cl)cc1)NC(=O)[C@H](Cc1c[nH]c2ccccc12)NC(=O)[C@H](CCCN=C(N)N)NC(=O)[C@@H](N)CCCN=C(N)N. The number of halogens is 1. The molecular formula is C50H69ClN18O6S. The van der Waals surface area contributed by atoms with Crippen molar-refractivity contribution in [2.75, 3.05) is 25.4 Å². The van der Waals surface area contributed by atoms with Gasteiger partial charge in [-0.2, -0.15) is 11.8 Å². The second-order valence-corrected chi connectivity index (χ2v) is 19.4. The van der Waals surface area contributed by atoms with Crippen LogP contribution < -0.4 is 72.5 Å². The van der Waals surface area contributed by atoms with Crippen molar-refractivity contribution in [2.24, 2.45) is 60.8 Å². The maximum atomic E-state index is 14.9. The van der Waals surface area contributed by atoms with Crippen molar-refractivity contribution in [2.45, 2.75) is 93.4 Å². The van der Waals surface area contributed by atoms with Crippen molar-refractivity contribution in [3.63, 3.8) is 0 Å². The zero-order valence-electron chi connectivity index (χ0n) is 41.9. The quantitative estimate of drug-likeness (QED) is 0.0150. The van der Waals surface area contributed by atoms with E-state index in [4.69, 9.17) is 57.5 Å². The number of aromatic nitrogens is 2. The van der Waals surface area contributed by atoms with E-state index < -0.39 is 71.7 Å². The van der Waals surface area contributed by atoms with Gasteiger partial charge in [-0.15, -0.1) is 0 Å². The Kier molecular flexibility index (Phi) is 23.0. The maximum absolute atomic E-state index is 14.9. The number of benzene rings is 3. The molecule has 0 radical (unpaired) electrons. The van der Waals surface area contributed by atoms with Gasteiger partial charge < -0.3 is 82.4 Å². The molecule has 26 heteroatoms. The second-order valence-electron chi connectivity index (χ2n) is 17.9. The summed E-state index contributed by atoms with van der Waals surface area (Å²) in [5.41, 5.74) is 48.6. The van der Waals surface area contributed by atoms with Gasteiger partial charge >= 0.3 is 0 Å². The van der Waals surface area contributed by atoms with Gasteiger partial charge in [0.2, 0.25) is 35.4 Å². The molecule has 23 N–H and O–H groups in total. The third-order valence-electron chi connectivity index (χ3n) is 12.1. The molecule has 2 heterocycles. The van der Waals surface area contributed by atoms with Crippen molar-refractivity contribution in [1.29, 1.82) is 0 Å². The van der Waals surface area contributed by atoms with Crippen LogP contribution in [-0.4, -0.2) is 125 Å². The number of guanidine groups is 3. The fourth-order valence-electron chi connectivity index (χ4n) is 8.10. The molecule has 24 nitrogen and oxygen atoms in total. The van der Waals surface area contributed by atoms with Crippen LogP contribution in [0.25, 0.3) is 21.8 Å². The van der Waals surface area contributed by atoms with E-state index in [1.54, 1.807) is 24.5 Å². The highest BCUT2D eigenvalue weighted by Crippen LogP contribution is 2.22. The molecule has 0 unspecified atom stereocenters. The van der Waals surface area contributed by atoms with E-state index in [-0.39, 0.29) is 81.8 Å². The number of rotatable bonds is 31. The Bertz CT molecular complexity index is 2840. The van der Waals surface area contributed by atoms with Crippen LogP contribution in [-0.2, 0) is 47.4 Å². The molecule has 0 bridgehead atoms. The van der Waals surface area contributed by atoms with Gasteiger partial charge in [-0.05, 0) is 79.5 Å². The molecule has 76 heavy (non-hydrogen) atoms. The van der Waals surface area contributed by atoms with E-state index >= 15 is 0 Å². The van der Waals surface area contributed by atoms with E-state index in [0.717, 1.165) is 27.4 Å². The minimum absolute atomic E-state index is 0.0192. The predicted octanol–water partition coefficient (Wildman–Crippen LogP) is -0.581. The van der Waals surface area contributed by atoms with Gasteiger partial charge in [0.25, 0.3) is 0 Å². The number of primary amides is 1. The number of nitrogens with zero attached hydrogens (tertiary/aromatic N) is 3. The summed E-state index contributed by atoms with van der Waals surface area (Å²) in [6, 6.07) is 14.5. The number of hydrogen-bond donors (Lipinski definition) is 15. The highest BCUT2D eigenvalue weighted by atomic mass is 35.5. The maximum Gasteiger partial charge on any atom is 0.244 e. The van der Waals surface area contributed by atoms with Crippen molar-refractivity contribution >= 4 is 98.5 Å². The molecule has 6 atom stereocenters. The normalized spacial score (nSPS) is 13.4. The summed E-state index contributed by atoms with van der Waals surface area (Å²) < 4.78 is 0. The summed E-state index contributed by atoms with van der Waals surface area (Å²) in [5.74, 6) is -4.48. The second kappa shape index (κ2) is 29.8. The molecule has 0 aliphatic carbocycles. The molecule has 408 valence electrons. The molecular weight excluding hydrogens is 1020 g/mol. The number of aromatic amines is 2. The Labute approximate surface area is 448 Å². The van der Waals surface area contributed by atoms with Crippen LogP contribution in [0.1, 0.15) is 55.2 Å². The Balaban J connectivity index is 1.47. The van der Waals surface area contributed by atoms with Gasteiger partial charge in [-0.3, -0.25) is 43.7 Å². The third kappa shape index (κ3) is 19.0. The fourth-order valence-corrected chi connectivity index (χ4v) is 9.24. The number of aliphatic imine (C=N–C) groups is 3. The van der Waals surface area contributed by atoms with Crippen LogP contribution >= 0.6 is 23.4 Å². The summed E-state index contributed by atoms with van der Waals surface area (Å²) in [6.45, 7) is 0.518. The van der Waals surface area contributed by atoms with Crippen LogP contribution in [0.5, 0.6) is 0 Å². The third-order valence-corrected chi connectivity index (χ3v) is 13.4. The zero-order chi connectivity index (χ0) is 55.1. The smallest absolute Gasteiger partial charge is 0.244 e. The van der Waals surface area contributed by atoms with Gasteiger partial charge in [0, 0.05) is 83.2 Å². The fraction of sp³-hybridized carbons (Fsp3) is 0.380. The molecule has 6 amide bonds. The van der Waals surface area contributed by atoms with E-state index in [1.165, 1.54) is 11.8 Å². The van der Waals surface area contributed by atoms with Gasteiger partial charge in [0.15, 0.2) is 17.9 Å². The number of hydrogen-bond acceptors (Lipinski definition) is 11. The number of amides is 6. The number of carbonyl (C=O) groups excluding carboxylic acids is 6. The van der Waals surface area contributed by atoms with Crippen LogP contribution in [0.4, 0.5) is 0 Å². The zero-order valence-corrected chi connectivity index (χ0v) is 43.5. The molecule has 0 aliphatic rings. The minimum Gasteiger partial charge on any atom is -0.370 e. The summed E-state index contributed by atoms with van der Waals surface area (Å²) in [6.07, 6.45) is 4.53. The Morgan fingerprint density at radius 1 is 0.513 bits per heavy atom. The van der Waals surface area contributed by atoms with Gasteiger partial charge in [-0.25, -0.2) is 0 Å². The van der Waals surface area contributed by atoms with Gasteiger partial charge in [0.1, 0.15) is 30.2 Å². The summed E-state index contributed by atoms with van der Waals surface area (Å²) >= 11 is 7.48. The molecule has 2 aromatic heterocycles. The molecule has 0 fully saturated rings. The topological polar surface area (TPSA) is 439 Å². The summed E-state index contributed by atoms with van der Waals surface area (Å²) in [4.78, 5) is 103. The predicted molar refractivity (Wildman–Crippen MR) is 298 cm³/mol. The first-order valence-corrected chi connectivity index (χ1v) is 26.1. The van der Waals surface area contributed by atoms with Crippen molar-refractivity contribution < 1.29 is 28.8 Å². The average Bonchev–Trinajstić information content (AvgIpc) is 3.99. The average molecular weight is 1090 g/mol. The van der Waals surface area contributed by atoms with Crippen LogP contribution in [0.2, 0.25) is 5.02 Å². The minimum atomic E-state index is -1.35. The number of nitrogens with two attached hydrogens (primary N) is 8. The lowest BCUT2D eigenvalue weighted by molar-refractivity contribution is -0.134. The van der Waals surface area contributed by atoms with Gasteiger partial charge in [0.05, 0.1) is 6.04 Å². The number of H-pyrrole nitrogens is 2. The monoisotopic (exact) mass is 1080 g/mol. The highest BCUT2D eigenvalue weighted by Gasteiger charge is 2.34. The first-order valence-electron chi connectivity index (χ1n) is 24.5. The summed E-state index contributed by atoms with van der Waals surface area (Å²) in [7, 11) is 0. The van der Waals surface area contributed by atoms with Crippen molar-refractivity contribution in [3.8, 4) is 0 Å². The number of para-hydroxylation sites is 2. The van der Waals surface area contributed by atoms with E-state index in [9.17, 15) is 28.8 Å². The van der Waals surface area contributed by atoms with E-state index in [1.807, 2.05) is 60.7 Å². The van der Waals surface area contributed by atoms with Crippen LogP contribution in [0.3, 0.4) is 0 Å². The lowest BCUT2D eigenvalue weighted by Gasteiger charge is -2.27. The molecule has 0 saturated heterocycles. The van der Waals surface area contributed by atoms with Crippen molar-refractivity contribution in [3.05, 3.63) is 107 Å². The number of carbonyl (C=O) groups is 6. The number of fused-ring (bicyclic) bond motifs is 2. The molecule has 3 aromatic carbocycles. The van der Waals surface area contributed by atoms with E-state index in [2.05, 4.69) is 51.5 Å².